The molecule has 1 heterocycles. The normalized spacial score (nSPS) is 20.1. The highest BCUT2D eigenvalue weighted by molar-refractivity contribution is 5.80. The van der Waals surface area contributed by atoms with Gasteiger partial charge in [0.25, 0.3) is 0 Å². The van der Waals surface area contributed by atoms with Gasteiger partial charge < -0.3 is 14.9 Å². The van der Waals surface area contributed by atoms with Gasteiger partial charge in [0.2, 0.25) is 11.8 Å². The third-order valence-electron chi connectivity index (χ3n) is 4.42. The number of carboxylic acid groups (broad SMARTS) is 1. The third kappa shape index (κ3) is 5.66. The second-order valence-electron chi connectivity index (χ2n) is 6.22. The van der Waals surface area contributed by atoms with Crippen molar-refractivity contribution >= 4 is 17.8 Å². The van der Waals surface area contributed by atoms with Crippen molar-refractivity contribution in [2.75, 3.05) is 19.6 Å². The van der Waals surface area contributed by atoms with Crippen LogP contribution in [0.25, 0.3) is 0 Å². The maximum absolute atomic E-state index is 12.3. The summed E-state index contributed by atoms with van der Waals surface area (Å²) in [4.78, 5) is 38.1. The smallest absolute Gasteiger partial charge is 0.323 e. The molecule has 0 spiro atoms. The Hall–Kier alpha value is -1.59. The van der Waals surface area contributed by atoms with E-state index in [2.05, 4.69) is 13.8 Å². The molecule has 0 saturated carbocycles. The van der Waals surface area contributed by atoms with Crippen molar-refractivity contribution in [3.8, 4) is 0 Å². The number of carboxylic acids is 1. The molecule has 0 radical (unpaired) electrons. The summed E-state index contributed by atoms with van der Waals surface area (Å²) in [7, 11) is 0. The molecular formula is C16H28N2O4. The molecule has 0 aromatic rings. The molecule has 2 atom stereocenters. The van der Waals surface area contributed by atoms with E-state index in [0.29, 0.717) is 31.8 Å². The number of carbonyl (C=O) groups is 3. The van der Waals surface area contributed by atoms with Crippen molar-refractivity contribution in [2.24, 2.45) is 5.92 Å². The van der Waals surface area contributed by atoms with Crippen LogP contribution >= 0.6 is 0 Å². The van der Waals surface area contributed by atoms with Crippen LogP contribution in [0.15, 0.2) is 0 Å². The third-order valence-corrected chi connectivity index (χ3v) is 4.42. The zero-order valence-corrected chi connectivity index (χ0v) is 13.9. The lowest BCUT2D eigenvalue weighted by Gasteiger charge is -2.29. The predicted molar refractivity (Wildman–Crippen MR) is 83.3 cm³/mol. The van der Waals surface area contributed by atoms with E-state index in [0.717, 1.165) is 19.3 Å². The Balaban J connectivity index is 2.62. The highest BCUT2D eigenvalue weighted by Crippen LogP contribution is 2.19. The van der Waals surface area contributed by atoms with Crippen LogP contribution in [0.1, 0.15) is 52.9 Å². The van der Waals surface area contributed by atoms with Gasteiger partial charge in [0.05, 0.1) is 0 Å². The SMILES string of the molecule is CCC(C)CC(=O)N1CCCC(N(CC(=O)O)C(C)=O)CC1. The fourth-order valence-electron chi connectivity index (χ4n) is 2.85. The standard InChI is InChI=1S/C16H28N2O4/c1-4-12(2)10-15(20)17-8-5-6-14(7-9-17)18(13(3)19)11-16(21)22/h12,14H,4-11H2,1-3H3,(H,21,22). The number of nitrogens with zero attached hydrogens (tertiary/aromatic N) is 2. The van der Waals surface area contributed by atoms with Gasteiger partial charge in [-0.05, 0) is 25.2 Å². The Morgan fingerprint density at radius 2 is 1.95 bits per heavy atom. The molecule has 6 nitrogen and oxygen atoms in total. The zero-order valence-electron chi connectivity index (χ0n) is 13.9. The minimum Gasteiger partial charge on any atom is -0.480 e. The van der Waals surface area contributed by atoms with Crippen molar-refractivity contribution in [2.45, 2.75) is 58.9 Å². The average molecular weight is 312 g/mol. The maximum Gasteiger partial charge on any atom is 0.323 e. The fraction of sp³-hybridized carbons (Fsp3) is 0.812. The summed E-state index contributed by atoms with van der Waals surface area (Å²) in [5.41, 5.74) is 0. The van der Waals surface area contributed by atoms with Crippen molar-refractivity contribution in [3.63, 3.8) is 0 Å². The number of likely N-dealkylation sites (tertiary alicyclic amines) is 1. The van der Waals surface area contributed by atoms with E-state index in [-0.39, 0.29) is 24.4 Å². The summed E-state index contributed by atoms with van der Waals surface area (Å²) in [6.07, 6.45) is 3.75. The summed E-state index contributed by atoms with van der Waals surface area (Å²) in [6, 6.07) is -0.0880. The number of carbonyl (C=O) groups excluding carboxylic acids is 2. The van der Waals surface area contributed by atoms with Crippen LogP contribution < -0.4 is 0 Å². The molecule has 1 fully saturated rings. The number of hydrogen-bond acceptors (Lipinski definition) is 3. The highest BCUT2D eigenvalue weighted by Gasteiger charge is 2.27. The van der Waals surface area contributed by atoms with E-state index in [1.165, 1.54) is 11.8 Å². The van der Waals surface area contributed by atoms with Crippen LogP contribution in [-0.2, 0) is 14.4 Å². The first-order chi connectivity index (χ1) is 10.3. The van der Waals surface area contributed by atoms with E-state index in [9.17, 15) is 14.4 Å². The molecule has 2 amide bonds. The Bertz CT molecular complexity index is 411. The van der Waals surface area contributed by atoms with Crippen LogP contribution in [-0.4, -0.2) is 58.4 Å². The van der Waals surface area contributed by atoms with Gasteiger partial charge in [0.1, 0.15) is 6.54 Å². The molecule has 1 aliphatic heterocycles. The van der Waals surface area contributed by atoms with Gasteiger partial charge in [-0.3, -0.25) is 14.4 Å². The summed E-state index contributed by atoms with van der Waals surface area (Å²) >= 11 is 0. The Kier molecular flexibility index (Phi) is 7.35. The first-order valence-electron chi connectivity index (χ1n) is 8.11. The summed E-state index contributed by atoms with van der Waals surface area (Å²) < 4.78 is 0. The second kappa shape index (κ2) is 8.76. The molecule has 1 rings (SSSR count). The quantitative estimate of drug-likeness (QED) is 0.810. The largest absolute Gasteiger partial charge is 0.480 e. The van der Waals surface area contributed by atoms with E-state index in [1.54, 1.807) is 0 Å². The van der Waals surface area contributed by atoms with Crippen LogP contribution in [0.5, 0.6) is 0 Å². The molecule has 22 heavy (non-hydrogen) atoms. The summed E-state index contributed by atoms with van der Waals surface area (Å²) in [5.74, 6) is -0.661. The topological polar surface area (TPSA) is 77.9 Å². The minimum atomic E-state index is -0.996. The van der Waals surface area contributed by atoms with Gasteiger partial charge in [-0.1, -0.05) is 20.3 Å². The lowest BCUT2D eigenvalue weighted by atomic mass is 10.0. The van der Waals surface area contributed by atoms with E-state index in [1.807, 2.05) is 4.90 Å². The van der Waals surface area contributed by atoms with Gasteiger partial charge in [0.15, 0.2) is 0 Å². The van der Waals surface area contributed by atoms with Crippen LogP contribution in [0, 0.1) is 5.92 Å². The van der Waals surface area contributed by atoms with Gasteiger partial charge in [0, 0.05) is 32.5 Å². The second-order valence-corrected chi connectivity index (χ2v) is 6.22. The molecule has 126 valence electrons. The molecule has 2 unspecified atom stereocenters. The summed E-state index contributed by atoms with van der Waals surface area (Å²) in [5, 5.41) is 8.94. The first kappa shape index (κ1) is 18.5. The Morgan fingerprint density at radius 3 is 2.50 bits per heavy atom. The van der Waals surface area contributed by atoms with E-state index < -0.39 is 5.97 Å². The number of rotatable bonds is 6. The molecule has 0 aliphatic carbocycles. The lowest BCUT2D eigenvalue weighted by molar-refractivity contribution is -0.145. The van der Waals surface area contributed by atoms with Crippen LogP contribution in [0.4, 0.5) is 0 Å². The van der Waals surface area contributed by atoms with Gasteiger partial charge in [-0.15, -0.1) is 0 Å². The van der Waals surface area contributed by atoms with Crippen LogP contribution in [0.2, 0.25) is 0 Å². The zero-order chi connectivity index (χ0) is 16.7. The molecule has 0 aromatic heterocycles. The van der Waals surface area contributed by atoms with Crippen molar-refractivity contribution in [3.05, 3.63) is 0 Å². The van der Waals surface area contributed by atoms with E-state index in [4.69, 9.17) is 5.11 Å². The fourth-order valence-corrected chi connectivity index (χ4v) is 2.85. The van der Waals surface area contributed by atoms with Crippen molar-refractivity contribution < 1.29 is 19.5 Å². The lowest BCUT2D eigenvalue weighted by Crippen LogP contribution is -2.43. The minimum absolute atomic E-state index is 0.0880. The Morgan fingerprint density at radius 1 is 1.27 bits per heavy atom. The first-order valence-corrected chi connectivity index (χ1v) is 8.11. The molecule has 1 aliphatic rings. The maximum atomic E-state index is 12.3. The van der Waals surface area contributed by atoms with Crippen molar-refractivity contribution in [1.29, 1.82) is 0 Å². The predicted octanol–water partition coefficient (Wildman–Crippen LogP) is 1.74. The van der Waals surface area contributed by atoms with Gasteiger partial charge >= 0.3 is 5.97 Å². The highest BCUT2D eigenvalue weighted by atomic mass is 16.4. The number of amides is 2. The van der Waals surface area contributed by atoms with E-state index >= 15 is 0 Å². The monoisotopic (exact) mass is 312 g/mol. The molecule has 1 saturated heterocycles. The van der Waals surface area contributed by atoms with Crippen molar-refractivity contribution in [1.82, 2.24) is 9.80 Å². The van der Waals surface area contributed by atoms with Gasteiger partial charge in [-0.2, -0.15) is 0 Å². The number of hydrogen-bond donors (Lipinski definition) is 1. The summed E-state index contributed by atoms with van der Waals surface area (Å²) in [6.45, 7) is 6.59. The van der Waals surface area contributed by atoms with Crippen LogP contribution in [0.3, 0.4) is 0 Å². The molecule has 1 N–H and O–H groups in total. The molecule has 6 heteroatoms. The molecule has 0 aromatic carbocycles. The van der Waals surface area contributed by atoms with Gasteiger partial charge in [-0.25, -0.2) is 0 Å². The number of aliphatic carboxylic acids is 1. The molecular weight excluding hydrogens is 284 g/mol. The Labute approximate surface area is 132 Å². The average Bonchev–Trinajstić information content (AvgIpc) is 2.69. The molecule has 0 bridgehead atoms.